The summed E-state index contributed by atoms with van der Waals surface area (Å²) in [6.45, 7) is 4.70. The van der Waals surface area contributed by atoms with Crippen LogP contribution in [-0.4, -0.2) is 98.7 Å². The number of hydrogen-bond donors (Lipinski definition) is 9. The zero-order valence-corrected chi connectivity index (χ0v) is 34.6. The lowest BCUT2D eigenvalue weighted by atomic mass is 10.0. The number of nitrogens with one attached hydrogen (secondary N) is 8. The van der Waals surface area contributed by atoms with Crippen LogP contribution in [0.1, 0.15) is 115 Å². The predicted molar refractivity (Wildman–Crippen MR) is 223 cm³/mol. The van der Waals surface area contributed by atoms with Crippen molar-refractivity contribution >= 4 is 52.3 Å². The summed E-state index contributed by atoms with van der Waals surface area (Å²) in [5.74, 6) is -5.51. The standard InChI is InChI=1S/C42H63N9O8/c1-4-5-6-7-8-9-10-11-12-13-14-17-20-44-40(57)34(21-30-24-46-33-19-16-15-18-32(30)33)51-42(59)35(22-31-25-43-27-47-31)50-39(56)28(2)48-41(58)36(23-38(54)55)49-37(53)26-45-29(3)52/h15-16,18-19,24-25,27-28,34-36,46H,4-14,17,20-23,26H2,1-3H3,(H,43,47)(H,44,57)(H,45,52)(H,48,58)(H,49,53)(H,50,56)(H,51,59)(H,54,55)/t28-,34-,35-,36-/m0/s1. The number of rotatable bonds is 29. The number of aromatic amines is 2. The number of carbonyl (C=O) groups excluding carboxylic acids is 6. The number of imidazole rings is 1. The molecule has 0 saturated carbocycles. The van der Waals surface area contributed by atoms with Crippen molar-refractivity contribution in [3.63, 3.8) is 0 Å². The second kappa shape index (κ2) is 26.3. The van der Waals surface area contributed by atoms with E-state index in [9.17, 15) is 38.7 Å². The summed E-state index contributed by atoms with van der Waals surface area (Å²) in [5, 5.41) is 25.6. The number of amides is 6. The second-order valence-corrected chi connectivity index (χ2v) is 15.0. The Hall–Kier alpha value is -5.74. The van der Waals surface area contributed by atoms with Gasteiger partial charge in [-0.3, -0.25) is 33.6 Å². The topological polar surface area (TPSA) is 256 Å². The fraction of sp³-hybridized carbons (Fsp3) is 0.571. The molecule has 2 aromatic heterocycles. The Kier molecular flexibility index (Phi) is 21.2. The molecular weight excluding hydrogens is 759 g/mol. The Labute approximate surface area is 345 Å². The van der Waals surface area contributed by atoms with Crippen LogP contribution in [0, 0.1) is 0 Å². The molecule has 2 heterocycles. The molecule has 0 fully saturated rings. The third-order valence-corrected chi connectivity index (χ3v) is 9.94. The quantitative estimate of drug-likeness (QED) is 0.0466. The van der Waals surface area contributed by atoms with Gasteiger partial charge >= 0.3 is 5.97 Å². The first kappa shape index (κ1) is 47.6. The fourth-order valence-electron chi connectivity index (χ4n) is 6.63. The van der Waals surface area contributed by atoms with Gasteiger partial charge in [-0.15, -0.1) is 0 Å². The Bertz CT molecular complexity index is 1790. The summed E-state index contributed by atoms with van der Waals surface area (Å²) >= 11 is 0. The van der Waals surface area contributed by atoms with Crippen molar-refractivity contribution in [2.45, 2.75) is 141 Å². The number of carboxylic acid groups (broad SMARTS) is 1. The number of hydrogen-bond acceptors (Lipinski definition) is 8. The third kappa shape index (κ3) is 18.2. The summed E-state index contributed by atoms with van der Waals surface area (Å²) < 4.78 is 0. The number of carbonyl (C=O) groups is 7. The Balaban J connectivity index is 1.65. The highest BCUT2D eigenvalue weighted by atomic mass is 16.4. The number of nitrogens with zero attached hydrogens (tertiary/aromatic N) is 1. The van der Waals surface area contributed by atoms with Crippen molar-refractivity contribution < 1.29 is 38.7 Å². The summed E-state index contributed by atoms with van der Waals surface area (Å²) in [7, 11) is 0. The molecule has 59 heavy (non-hydrogen) atoms. The van der Waals surface area contributed by atoms with Crippen molar-refractivity contribution in [3.8, 4) is 0 Å². The molecule has 0 aliphatic heterocycles. The molecule has 1 aromatic carbocycles. The predicted octanol–water partition coefficient (Wildman–Crippen LogP) is 3.06. The number of fused-ring (bicyclic) bond motifs is 1. The highest BCUT2D eigenvalue weighted by Gasteiger charge is 2.31. The van der Waals surface area contributed by atoms with Crippen LogP contribution in [0.25, 0.3) is 10.9 Å². The van der Waals surface area contributed by atoms with Crippen molar-refractivity contribution in [2.24, 2.45) is 0 Å². The monoisotopic (exact) mass is 821 g/mol. The van der Waals surface area contributed by atoms with E-state index in [0.29, 0.717) is 12.2 Å². The molecule has 324 valence electrons. The Morgan fingerprint density at radius 1 is 0.695 bits per heavy atom. The first-order chi connectivity index (χ1) is 28.4. The molecule has 4 atom stereocenters. The normalized spacial score (nSPS) is 13.1. The molecule has 0 bridgehead atoms. The van der Waals surface area contributed by atoms with Crippen LogP contribution in [0.15, 0.2) is 43.0 Å². The van der Waals surface area contributed by atoms with Gasteiger partial charge in [-0.1, -0.05) is 95.8 Å². The minimum atomic E-state index is -1.56. The van der Waals surface area contributed by atoms with E-state index in [1.165, 1.54) is 71.5 Å². The van der Waals surface area contributed by atoms with Crippen molar-refractivity contribution in [2.75, 3.05) is 13.1 Å². The van der Waals surface area contributed by atoms with E-state index in [0.717, 1.165) is 42.1 Å². The number of para-hydroxylation sites is 1. The van der Waals surface area contributed by atoms with Crippen LogP contribution in [0.3, 0.4) is 0 Å². The van der Waals surface area contributed by atoms with E-state index >= 15 is 0 Å². The van der Waals surface area contributed by atoms with E-state index in [2.05, 4.69) is 53.8 Å². The summed E-state index contributed by atoms with van der Waals surface area (Å²) in [6.07, 6.45) is 18.4. The van der Waals surface area contributed by atoms with Crippen LogP contribution >= 0.6 is 0 Å². The van der Waals surface area contributed by atoms with E-state index in [-0.39, 0.29) is 18.7 Å². The largest absolute Gasteiger partial charge is 0.481 e. The molecule has 9 N–H and O–H groups in total. The number of aromatic nitrogens is 3. The molecule has 0 aliphatic rings. The Morgan fingerprint density at radius 3 is 1.93 bits per heavy atom. The van der Waals surface area contributed by atoms with Gasteiger partial charge < -0.3 is 47.0 Å². The van der Waals surface area contributed by atoms with E-state index < -0.39 is 72.6 Å². The van der Waals surface area contributed by atoms with Gasteiger partial charge in [0.05, 0.1) is 25.0 Å². The molecule has 0 aliphatic carbocycles. The van der Waals surface area contributed by atoms with Crippen LogP contribution in [0.2, 0.25) is 0 Å². The van der Waals surface area contributed by atoms with Crippen molar-refractivity contribution in [1.29, 1.82) is 0 Å². The average Bonchev–Trinajstić information content (AvgIpc) is 3.87. The molecule has 0 radical (unpaired) electrons. The zero-order valence-electron chi connectivity index (χ0n) is 34.6. The van der Waals surface area contributed by atoms with Crippen molar-refractivity contribution in [3.05, 3.63) is 54.2 Å². The number of carboxylic acids is 1. The maximum absolute atomic E-state index is 14.0. The summed E-state index contributed by atoms with van der Waals surface area (Å²) in [4.78, 5) is 99.4. The van der Waals surface area contributed by atoms with Gasteiger partial charge in [-0.2, -0.15) is 0 Å². The van der Waals surface area contributed by atoms with Gasteiger partial charge in [0.2, 0.25) is 35.4 Å². The molecule has 0 spiro atoms. The summed E-state index contributed by atoms with van der Waals surface area (Å²) in [5.41, 5.74) is 2.13. The lowest BCUT2D eigenvalue weighted by molar-refractivity contribution is -0.141. The zero-order chi connectivity index (χ0) is 43.0. The number of H-pyrrole nitrogens is 2. The molecule has 0 saturated heterocycles. The lowest BCUT2D eigenvalue weighted by Gasteiger charge is -2.25. The SMILES string of the molecule is CCCCCCCCCCCCCCNC(=O)[C@H](Cc1c[nH]c2ccccc12)NC(=O)[C@H](Cc1c[nH]cn1)NC(=O)[C@H](C)NC(=O)[C@H](CC(=O)O)NC(=O)CNC(C)=O. The third-order valence-electron chi connectivity index (χ3n) is 9.94. The average molecular weight is 822 g/mol. The molecule has 17 heteroatoms. The number of benzene rings is 1. The maximum Gasteiger partial charge on any atom is 0.305 e. The van der Waals surface area contributed by atoms with Crippen LogP contribution in [-0.2, 0) is 46.4 Å². The molecular formula is C42H63N9O8. The molecule has 3 rings (SSSR count). The fourth-order valence-corrected chi connectivity index (χ4v) is 6.63. The van der Waals surface area contributed by atoms with Crippen LogP contribution in [0.4, 0.5) is 0 Å². The Morgan fingerprint density at radius 2 is 1.31 bits per heavy atom. The highest BCUT2D eigenvalue weighted by Crippen LogP contribution is 2.19. The smallest absolute Gasteiger partial charge is 0.305 e. The molecule has 6 amide bonds. The first-order valence-electron chi connectivity index (χ1n) is 20.8. The van der Waals surface area contributed by atoms with Crippen molar-refractivity contribution in [1.82, 2.24) is 46.9 Å². The number of unbranched alkanes of at least 4 members (excludes halogenated alkanes) is 11. The van der Waals surface area contributed by atoms with Gasteiger partial charge in [0.15, 0.2) is 0 Å². The number of aliphatic carboxylic acids is 1. The molecule has 0 unspecified atom stereocenters. The maximum atomic E-state index is 14.0. The summed E-state index contributed by atoms with van der Waals surface area (Å²) in [6, 6.07) is 2.52. The van der Waals surface area contributed by atoms with Gasteiger partial charge in [-0.05, 0) is 25.0 Å². The molecule has 3 aromatic rings. The molecule has 17 nitrogen and oxygen atoms in total. The van der Waals surface area contributed by atoms with Gasteiger partial charge in [0, 0.05) is 49.6 Å². The van der Waals surface area contributed by atoms with Gasteiger partial charge in [0.1, 0.15) is 24.2 Å². The minimum absolute atomic E-state index is 0.0666. The van der Waals surface area contributed by atoms with E-state index in [4.69, 9.17) is 0 Å². The highest BCUT2D eigenvalue weighted by molar-refractivity contribution is 5.97. The lowest BCUT2D eigenvalue weighted by Crippen LogP contribution is -2.58. The second-order valence-electron chi connectivity index (χ2n) is 15.0. The van der Waals surface area contributed by atoms with Crippen LogP contribution in [0.5, 0.6) is 0 Å². The van der Waals surface area contributed by atoms with E-state index in [1.54, 1.807) is 12.4 Å². The van der Waals surface area contributed by atoms with E-state index in [1.807, 2.05) is 24.3 Å². The van der Waals surface area contributed by atoms with Crippen LogP contribution < -0.4 is 31.9 Å². The minimum Gasteiger partial charge on any atom is -0.481 e. The first-order valence-corrected chi connectivity index (χ1v) is 20.8. The van der Waals surface area contributed by atoms with Gasteiger partial charge in [-0.25, -0.2) is 4.98 Å². The van der Waals surface area contributed by atoms with Gasteiger partial charge in [0.25, 0.3) is 0 Å².